The van der Waals surface area contributed by atoms with Crippen molar-refractivity contribution in [2.45, 2.75) is 33.1 Å². The van der Waals surface area contributed by atoms with E-state index >= 15 is 0 Å². The molecule has 1 atom stereocenters. The summed E-state index contributed by atoms with van der Waals surface area (Å²) in [5.74, 6) is 0.116. The summed E-state index contributed by atoms with van der Waals surface area (Å²) in [6.45, 7) is 6.42. The number of hydrogen-bond donors (Lipinski definition) is 2. The van der Waals surface area contributed by atoms with Crippen LogP contribution in [0.15, 0.2) is 53.1 Å². The summed E-state index contributed by atoms with van der Waals surface area (Å²) in [5, 5.41) is 15.9. The molecular weight excluding hydrogens is 410 g/mol. The summed E-state index contributed by atoms with van der Waals surface area (Å²) in [7, 11) is 0. The number of ether oxygens (including phenoxy) is 1. The molecule has 1 aliphatic heterocycles. The summed E-state index contributed by atoms with van der Waals surface area (Å²) < 4.78 is 5.47. The summed E-state index contributed by atoms with van der Waals surface area (Å²) in [5.41, 5.74) is 4.20. The van der Waals surface area contributed by atoms with Gasteiger partial charge in [0.1, 0.15) is 5.75 Å². The Morgan fingerprint density at radius 1 is 1.26 bits per heavy atom. The van der Waals surface area contributed by atoms with Gasteiger partial charge in [0.2, 0.25) is 11.8 Å². The zero-order chi connectivity index (χ0) is 22.4. The second-order valence-corrected chi connectivity index (χ2v) is 8.30. The lowest BCUT2D eigenvalue weighted by Crippen LogP contribution is -2.31. The van der Waals surface area contributed by atoms with E-state index in [0.717, 1.165) is 28.1 Å². The Hall–Kier alpha value is -3.24. The highest BCUT2D eigenvalue weighted by Gasteiger charge is 2.30. The predicted octanol–water partition coefficient (Wildman–Crippen LogP) is 4.41. The van der Waals surface area contributed by atoms with Crippen molar-refractivity contribution in [2.75, 3.05) is 17.7 Å². The maximum atomic E-state index is 12.5. The number of anilines is 1. The number of thioether (sulfide) groups is 1. The molecule has 3 rings (SSSR count). The maximum absolute atomic E-state index is 12.5. The van der Waals surface area contributed by atoms with E-state index in [1.54, 1.807) is 0 Å². The zero-order valence-electron chi connectivity index (χ0n) is 17.8. The molecule has 0 aromatic heterocycles. The van der Waals surface area contributed by atoms with Crippen LogP contribution in [0.2, 0.25) is 0 Å². The maximum Gasteiger partial charge on any atom is 0.234 e. The fraction of sp³-hybridized carbons (Fsp3) is 0.292. The molecule has 0 radical (unpaired) electrons. The smallest absolute Gasteiger partial charge is 0.234 e. The lowest BCUT2D eigenvalue weighted by Gasteiger charge is -2.25. The van der Waals surface area contributed by atoms with Gasteiger partial charge in [-0.25, -0.2) is 0 Å². The van der Waals surface area contributed by atoms with Gasteiger partial charge >= 0.3 is 0 Å². The van der Waals surface area contributed by atoms with Crippen LogP contribution < -0.4 is 15.4 Å². The molecule has 0 spiro atoms. The number of allylic oxidation sites excluding steroid dienone is 1. The number of amides is 2. The van der Waals surface area contributed by atoms with Crippen LogP contribution in [0.3, 0.4) is 0 Å². The number of nitriles is 1. The summed E-state index contributed by atoms with van der Waals surface area (Å²) in [4.78, 5) is 24.8. The van der Waals surface area contributed by atoms with Gasteiger partial charge < -0.3 is 15.4 Å². The van der Waals surface area contributed by atoms with Gasteiger partial charge in [-0.15, -0.1) is 0 Å². The van der Waals surface area contributed by atoms with Crippen molar-refractivity contribution in [3.8, 4) is 11.8 Å². The van der Waals surface area contributed by atoms with E-state index in [0.29, 0.717) is 17.2 Å². The molecule has 6 nitrogen and oxygen atoms in total. The normalized spacial score (nSPS) is 15.8. The van der Waals surface area contributed by atoms with E-state index in [4.69, 9.17) is 4.74 Å². The second kappa shape index (κ2) is 10.2. The lowest BCUT2D eigenvalue weighted by atomic mass is 9.87. The van der Waals surface area contributed by atoms with Crippen molar-refractivity contribution in [3.05, 3.63) is 69.8 Å². The molecule has 0 saturated carbocycles. The van der Waals surface area contributed by atoms with Crippen LogP contribution in [0.4, 0.5) is 5.69 Å². The minimum atomic E-state index is -0.348. The third kappa shape index (κ3) is 5.68. The molecule has 1 aliphatic rings. The number of nitrogens with zero attached hydrogens (tertiary/aromatic N) is 1. The highest BCUT2D eigenvalue weighted by Crippen LogP contribution is 2.36. The Morgan fingerprint density at radius 2 is 2.00 bits per heavy atom. The molecular formula is C24H25N3O3S. The number of benzene rings is 2. The number of rotatable bonds is 7. The van der Waals surface area contributed by atoms with Crippen LogP contribution in [-0.2, 0) is 9.59 Å². The summed E-state index contributed by atoms with van der Waals surface area (Å²) in [6, 6.07) is 15.5. The molecule has 160 valence electrons. The minimum Gasteiger partial charge on any atom is -0.494 e. The van der Waals surface area contributed by atoms with E-state index in [1.807, 2.05) is 63.2 Å². The fourth-order valence-corrected chi connectivity index (χ4v) is 4.34. The van der Waals surface area contributed by atoms with E-state index in [9.17, 15) is 14.9 Å². The summed E-state index contributed by atoms with van der Waals surface area (Å²) in [6.07, 6.45) is 0.190. The topological polar surface area (TPSA) is 91.2 Å². The molecule has 0 saturated heterocycles. The molecule has 7 heteroatoms. The average Bonchev–Trinajstić information content (AvgIpc) is 2.74. The van der Waals surface area contributed by atoms with Crippen LogP contribution in [0.25, 0.3) is 0 Å². The van der Waals surface area contributed by atoms with Crippen molar-refractivity contribution < 1.29 is 14.3 Å². The standard InChI is InChI=1S/C24H25N3O3S/c1-4-30-18-8-6-17(7-9-18)19-12-22(28)27-24(20(19)13-25)31-14-23(29)26-21-10-5-15(2)11-16(21)3/h5-11,19H,4,12,14H2,1-3H3,(H,26,29)(H,27,28)/t19-/m1/s1. The molecule has 2 N–H and O–H groups in total. The predicted molar refractivity (Wildman–Crippen MR) is 123 cm³/mol. The number of aryl methyl sites for hydroxylation is 2. The van der Waals surface area contributed by atoms with Gasteiger partial charge in [-0.05, 0) is 50.1 Å². The minimum absolute atomic E-state index is 0.0874. The van der Waals surface area contributed by atoms with E-state index in [-0.39, 0.29) is 29.9 Å². The van der Waals surface area contributed by atoms with Crippen LogP contribution in [0.1, 0.15) is 36.0 Å². The van der Waals surface area contributed by atoms with Crippen LogP contribution in [-0.4, -0.2) is 24.2 Å². The zero-order valence-corrected chi connectivity index (χ0v) is 18.6. The third-order valence-electron chi connectivity index (χ3n) is 4.95. The first-order valence-corrected chi connectivity index (χ1v) is 11.1. The van der Waals surface area contributed by atoms with Crippen molar-refractivity contribution in [1.82, 2.24) is 5.32 Å². The van der Waals surface area contributed by atoms with Crippen LogP contribution in [0, 0.1) is 25.2 Å². The van der Waals surface area contributed by atoms with Crippen LogP contribution in [0.5, 0.6) is 5.75 Å². The number of nitrogens with one attached hydrogen (secondary N) is 2. The molecule has 2 aromatic carbocycles. The van der Waals surface area contributed by atoms with Gasteiger partial charge in [0.05, 0.1) is 29.0 Å². The van der Waals surface area contributed by atoms with Gasteiger partial charge in [-0.2, -0.15) is 5.26 Å². The first-order valence-electron chi connectivity index (χ1n) is 10.1. The van der Waals surface area contributed by atoms with Crippen molar-refractivity contribution in [1.29, 1.82) is 5.26 Å². The molecule has 0 unspecified atom stereocenters. The van der Waals surface area contributed by atoms with Gasteiger partial charge in [0.15, 0.2) is 0 Å². The first kappa shape index (κ1) is 22.4. The Labute approximate surface area is 186 Å². The highest BCUT2D eigenvalue weighted by atomic mass is 32.2. The lowest BCUT2D eigenvalue weighted by molar-refractivity contribution is -0.121. The highest BCUT2D eigenvalue weighted by molar-refractivity contribution is 8.03. The Balaban J connectivity index is 1.74. The SMILES string of the molecule is CCOc1ccc([C@H]2CC(=O)NC(SCC(=O)Nc3ccc(C)cc3C)=C2C#N)cc1. The quantitative estimate of drug-likeness (QED) is 0.672. The first-order chi connectivity index (χ1) is 14.9. The largest absolute Gasteiger partial charge is 0.494 e. The molecule has 0 bridgehead atoms. The molecule has 2 amide bonds. The van der Waals surface area contributed by atoms with Gasteiger partial charge in [0.25, 0.3) is 0 Å². The molecule has 0 aliphatic carbocycles. The Kier molecular flexibility index (Phi) is 7.37. The number of carbonyl (C=O) groups is 2. The molecule has 0 fully saturated rings. The Bertz CT molecular complexity index is 1050. The molecule has 2 aromatic rings. The molecule has 1 heterocycles. The Morgan fingerprint density at radius 3 is 2.65 bits per heavy atom. The van der Waals surface area contributed by atoms with E-state index in [1.165, 1.54) is 11.8 Å². The van der Waals surface area contributed by atoms with E-state index in [2.05, 4.69) is 16.7 Å². The molecule has 31 heavy (non-hydrogen) atoms. The monoisotopic (exact) mass is 435 g/mol. The van der Waals surface area contributed by atoms with Crippen molar-refractivity contribution in [3.63, 3.8) is 0 Å². The number of hydrogen-bond acceptors (Lipinski definition) is 5. The third-order valence-corrected chi connectivity index (χ3v) is 5.97. The van der Waals surface area contributed by atoms with E-state index < -0.39 is 0 Å². The summed E-state index contributed by atoms with van der Waals surface area (Å²) >= 11 is 1.17. The van der Waals surface area contributed by atoms with Crippen molar-refractivity contribution in [2.24, 2.45) is 0 Å². The van der Waals surface area contributed by atoms with Gasteiger partial charge in [-0.3, -0.25) is 9.59 Å². The van der Waals surface area contributed by atoms with Gasteiger partial charge in [-0.1, -0.05) is 41.6 Å². The fourth-order valence-electron chi connectivity index (χ4n) is 3.46. The second-order valence-electron chi connectivity index (χ2n) is 7.32. The van der Waals surface area contributed by atoms with Crippen molar-refractivity contribution >= 4 is 29.3 Å². The van der Waals surface area contributed by atoms with Crippen LogP contribution >= 0.6 is 11.8 Å². The number of carbonyl (C=O) groups excluding carboxylic acids is 2. The average molecular weight is 436 g/mol. The van der Waals surface area contributed by atoms with Gasteiger partial charge in [0, 0.05) is 18.0 Å².